The highest BCUT2D eigenvalue weighted by molar-refractivity contribution is 9.10. The molecule has 2 aromatic carbocycles. The summed E-state index contributed by atoms with van der Waals surface area (Å²) < 4.78 is 0.872. The molecular formula is C25H24BrClN4O3. The Balaban J connectivity index is 1.55. The number of rotatable bonds is 4. The first kappa shape index (κ1) is 24.0. The smallest absolute Gasteiger partial charge is 0.329 e. The standard InChI is InChI=1S/C25H24BrClN4O3/c1-14-12-25(2,3)30(4)21-11-19(27)15(9-18(14)21)10-20-23(33)31(24(34)29-20)13-22(32)28-17-7-5-16(26)6-8-17/h5-12H,13H2,1-4H3,(H,28,32)(H,29,34)/b20-10+. The summed E-state index contributed by atoms with van der Waals surface area (Å²) in [6.07, 6.45) is 3.72. The molecule has 0 atom stereocenters. The van der Waals surface area contributed by atoms with E-state index in [1.807, 2.05) is 26.1 Å². The predicted octanol–water partition coefficient (Wildman–Crippen LogP) is 5.27. The number of benzene rings is 2. The molecule has 4 amide bonds. The van der Waals surface area contributed by atoms with Crippen molar-refractivity contribution in [2.45, 2.75) is 26.3 Å². The van der Waals surface area contributed by atoms with Crippen LogP contribution >= 0.6 is 27.5 Å². The summed E-state index contributed by atoms with van der Waals surface area (Å²) in [5.74, 6) is -1.07. The van der Waals surface area contributed by atoms with Gasteiger partial charge in [0.15, 0.2) is 0 Å². The van der Waals surface area contributed by atoms with Crippen LogP contribution in [-0.4, -0.2) is 41.9 Å². The monoisotopic (exact) mass is 542 g/mol. The van der Waals surface area contributed by atoms with Gasteiger partial charge in [-0.1, -0.05) is 33.6 Å². The number of likely N-dealkylation sites (N-methyl/N-ethyl adjacent to an activating group) is 1. The van der Waals surface area contributed by atoms with Crippen LogP contribution in [-0.2, 0) is 9.59 Å². The molecule has 0 aromatic heterocycles. The molecule has 4 rings (SSSR count). The van der Waals surface area contributed by atoms with E-state index in [4.69, 9.17) is 11.6 Å². The van der Waals surface area contributed by atoms with Crippen LogP contribution in [0, 0.1) is 0 Å². The lowest BCUT2D eigenvalue weighted by Gasteiger charge is -2.40. The minimum absolute atomic E-state index is 0.0643. The molecule has 0 spiro atoms. The Kier molecular flexibility index (Phi) is 6.31. The quantitative estimate of drug-likeness (QED) is 0.407. The van der Waals surface area contributed by atoms with Crippen molar-refractivity contribution in [3.63, 3.8) is 0 Å². The molecule has 1 saturated heterocycles. The molecule has 2 aliphatic rings. The second kappa shape index (κ2) is 8.92. The van der Waals surface area contributed by atoms with Crippen LogP contribution in [0.5, 0.6) is 0 Å². The third-order valence-electron chi connectivity index (χ3n) is 6.03. The zero-order valence-corrected chi connectivity index (χ0v) is 21.5. The van der Waals surface area contributed by atoms with E-state index in [0.717, 1.165) is 26.2 Å². The Bertz CT molecular complexity index is 1270. The molecule has 0 radical (unpaired) electrons. The van der Waals surface area contributed by atoms with Crippen LogP contribution < -0.4 is 15.5 Å². The Morgan fingerprint density at radius 2 is 1.88 bits per heavy atom. The lowest BCUT2D eigenvalue weighted by atomic mass is 9.88. The van der Waals surface area contributed by atoms with Crippen LogP contribution in [0.15, 0.2) is 52.6 Å². The van der Waals surface area contributed by atoms with E-state index in [1.54, 1.807) is 30.3 Å². The zero-order chi connectivity index (χ0) is 24.8. The number of nitrogens with one attached hydrogen (secondary N) is 2. The highest BCUT2D eigenvalue weighted by Gasteiger charge is 2.35. The normalized spacial score (nSPS) is 18.1. The molecule has 9 heteroatoms. The highest BCUT2D eigenvalue weighted by atomic mass is 79.9. The molecule has 2 N–H and O–H groups in total. The minimum atomic E-state index is -0.658. The van der Waals surface area contributed by atoms with Gasteiger partial charge < -0.3 is 15.5 Å². The average Bonchev–Trinajstić information content (AvgIpc) is 3.02. The van der Waals surface area contributed by atoms with Crippen molar-refractivity contribution in [3.05, 3.63) is 68.8 Å². The number of allylic oxidation sites excluding steroid dienone is 1. The Morgan fingerprint density at radius 1 is 1.21 bits per heavy atom. The first-order valence-corrected chi connectivity index (χ1v) is 11.8. The Morgan fingerprint density at radius 3 is 2.56 bits per heavy atom. The summed E-state index contributed by atoms with van der Waals surface area (Å²) >= 11 is 9.89. The number of carbonyl (C=O) groups is 3. The Hall–Kier alpha value is -3.10. The summed E-state index contributed by atoms with van der Waals surface area (Å²) in [4.78, 5) is 40.7. The fourth-order valence-electron chi connectivity index (χ4n) is 4.05. The van der Waals surface area contributed by atoms with Crippen molar-refractivity contribution >= 4 is 68.4 Å². The second-order valence-corrected chi connectivity index (χ2v) is 10.2. The molecule has 1 fully saturated rings. The van der Waals surface area contributed by atoms with Gasteiger partial charge in [0.1, 0.15) is 12.2 Å². The van der Waals surface area contributed by atoms with Crippen molar-refractivity contribution < 1.29 is 14.4 Å². The maximum atomic E-state index is 12.9. The molecule has 2 heterocycles. The molecule has 0 aliphatic carbocycles. The van der Waals surface area contributed by atoms with Gasteiger partial charge >= 0.3 is 6.03 Å². The number of hydrogen-bond acceptors (Lipinski definition) is 4. The predicted molar refractivity (Wildman–Crippen MR) is 139 cm³/mol. The number of fused-ring (bicyclic) bond motifs is 1. The number of urea groups is 1. The fourth-order valence-corrected chi connectivity index (χ4v) is 4.52. The number of halogens is 2. The van der Waals surface area contributed by atoms with Gasteiger partial charge in [-0.15, -0.1) is 0 Å². The highest BCUT2D eigenvalue weighted by Crippen LogP contribution is 2.41. The van der Waals surface area contributed by atoms with E-state index in [1.165, 1.54) is 0 Å². The number of anilines is 2. The van der Waals surface area contributed by atoms with Gasteiger partial charge in [-0.25, -0.2) is 9.69 Å². The number of nitrogens with zero attached hydrogens (tertiary/aromatic N) is 2. The summed E-state index contributed by atoms with van der Waals surface area (Å²) in [6, 6.07) is 10.1. The summed E-state index contributed by atoms with van der Waals surface area (Å²) in [5, 5.41) is 5.68. The van der Waals surface area contributed by atoms with Gasteiger partial charge in [-0.05, 0) is 74.4 Å². The van der Waals surface area contributed by atoms with E-state index in [9.17, 15) is 14.4 Å². The zero-order valence-electron chi connectivity index (χ0n) is 19.2. The largest absolute Gasteiger partial charge is 0.365 e. The third-order valence-corrected chi connectivity index (χ3v) is 6.88. The average molecular weight is 544 g/mol. The van der Waals surface area contributed by atoms with Gasteiger partial charge in [0, 0.05) is 33.5 Å². The summed E-state index contributed by atoms with van der Waals surface area (Å²) in [6.45, 7) is 5.87. The van der Waals surface area contributed by atoms with E-state index in [0.29, 0.717) is 16.3 Å². The minimum Gasteiger partial charge on any atom is -0.365 e. The van der Waals surface area contributed by atoms with Gasteiger partial charge in [0.25, 0.3) is 5.91 Å². The molecule has 2 aromatic rings. The van der Waals surface area contributed by atoms with Crippen LogP contribution in [0.4, 0.5) is 16.2 Å². The van der Waals surface area contributed by atoms with Crippen molar-refractivity contribution in [2.75, 3.05) is 23.8 Å². The van der Waals surface area contributed by atoms with Gasteiger partial charge in [-0.2, -0.15) is 0 Å². The lowest BCUT2D eigenvalue weighted by Crippen LogP contribution is -2.42. The topological polar surface area (TPSA) is 81.8 Å². The van der Waals surface area contributed by atoms with E-state index >= 15 is 0 Å². The van der Waals surface area contributed by atoms with Crippen LogP contribution in [0.3, 0.4) is 0 Å². The SMILES string of the molecule is CC1=CC(C)(C)N(C)c2cc(Cl)c(/C=C3/NC(=O)N(CC(=O)Nc4ccc(Br)cc4)C3=O)cc21. The van der Waals surface area contributed by atoms with Crippen molar-refractivity contribution in [2.24, 2.45) is 0 Å². The molecule has 7 nitrogen and oxygen atoms in total. The summed E-state index contributed by atoms with van der Waals surface area (Å²) in [7, 11) is 2.01. The maximum absolute atomic E-state index is 12.9. The molecule has 0 bridgehead atoms. The molecule has 0 saturated carbocycles. The molecule has 176 valence electrons. The second-order valence-electron chi connectivity index (χ2n) is 8.87. The fraction of sp³-hybridized carbons (Fsp3) is 0.240. The van der Waals surface area contributed by atoms with Crippen molar-refractivity contribution in [1.29, 1.82) is 0 Å². The van der Waals surface area contributed by atoms with Crippen LogP contribution in [0.2, 0.25) is 5.02 Å². The molecule has 34 heavy (non-hydrogen) atoms. The van der Waals surface area contributed by atoms with Gasteiger partial charge in [0.05, 0.1) is 5.54 Å². The third kappa shape index (κ3) is 4.60. The Labute approximate surface area is 211 Å². The lowest BCUT2D eigenvalue weighted by molar-refractivity contribution is -0.127. The van der Waals surface area contributed by atoms with E-state index in [-0.39, 0.29) is 11.2 Å². The molecular weight excluding hydrogens is 520 g/mol. The first-order chi connectivity index (χ1) is 16.0. The molecule has 0 unspecified atom stereocenters. The maximum Gasteiger partial charge on any atom is 0.329 e. The van der Waals surface area contributed by atoms with E-state index < -0.39 is 24.4 Å². The number of hydrogen-bond donors (Lipinski definition) is 2. The van der Waals surface area contributed by atoms with Gasteiger partial charge in [-0.3, -0.25) is 9.59 Å². The van der Waals surface area contributed by atoms with Crippen LogP contribution in [0.1, 0.15) is 31.9 Å². The van der Waals surface area contributed by atoms with Crippen LogP contribution in [0.25, 0.3) is 11.6 Å². The molecule has 2 aliphatic heterocycles. The van der Waals surface area contributed by atoms with Gasteiger partial charge in [0.2, 0.25) is 5.91 Å². The van der Waals surface area contributed by atoms with Crippen molar-refractivity contribution in [3.8, 4) is 0 Å². The first-order valence-electron chi connectivity index (χ1n) is 10.6. The number of imide groups is 1. The number of carbonyl (C=O) groups excluding carboxylic acids is 3. The van der Waals surface area contributed by atoms with E-state index in [2.05, 4.69) is 51.4 Å². The summed E-state index contributed by atoms with van der Waals surface area (Å²) in [5.41, 5.74) is 4.16. The number of amides is 4. The van der Waals surface area contributed by atoms with Crippen molar-refractivity contribution in [1.82, 2.24) is 10.2 Å².